The highest BCUT2D eigenvalue weighted by molar-refractivity contribution is 7.92. The van der Waals surface area contributed by atoms with Crippen LogP contribution in [0.4, 0.5) is 11.6 Å². The maximum absolute atomic E-state index is 12.2. The van der Waals surface area contributed by atoms with Crippen molar-refractivity contribution in [1.82, 2.24) is 15.2 Å². The second kappa shape index (κ2) is 7.05. The quantitative estimate of drug-likeness (QED) is 0.714. The van der Waals surface area contributed by atoms with Gasteiger partial charge in [-0.1, -0.05) is 18.2 Å². The average Bonchev–Trinajstić information content (AvgIpc) is 2.62. The fourth-order valence-corrected chi connectivity index (χ4v) is 2.99. The number of hydrogen-bond donors (Lipinski definition) is 2. The molecule has 0 fully saturated rings. The van der Waals surface area contributed by atoms with E-state index in [1.807, 2.05) is 12.1 Å². The second-order valence-corrected chi connectivity index (χ2v) is 6.61. The molecule has 0 atom stereocenters. The Labute approximate surface area is 139 Å². The van der Waals surface area contributed by atoms with Gasteiger partial charge >= 0.3 is 0 Å². The van der Waals surface area contributed by atoms with Gasteiger partial charge in [-0.2, -0.15) is 0 Å². The van der Waals surface area contributed by atoms with Crippen LogP contribution in [0.5, 0.6) is 0 Å². The smallest absolute Gasteiger partial charge is 0.263 e. The molecule has 0 amide bonds. The zero-order chi connectivity index (χ0) is 16.8. The molecule has 122 valence electrons. The molecule has 3 rings (SSSR count). The molecule has 0 saturated carbocycles. The molecule has 0 aliphatic rings. The molecular formula is C16H15N5O2S. The highest BCUT2D eigenvalue weighted by atomic mass is 32.2. The third kappa shape index (κ3) is 4.05. The Balaban J connectivity index is 1.64. The second-order valence-electron chi connectivity index (χ2n) is 4.93. The summed E-state index contributed by atoms with van der Waals surface area (Å²) in [6.45, 7) is 0.576. The molecule has 8 heteroatoms. The number of anilines is 2. The van der Waals surface area contributed by atoms with Crippen molar-refractivity contribution < 1.29 is 8.42 Å². The summed E-state index contributed by atoms with van der Waals surface area (Å²) in [6, 6.07) is 15.1. The average molecular weight is 341 g/mol. The summed E-state index contributed by atoms with van der Waals surface area (Å²) in [6.07, 6.45) is 3.42. The molecule has 0 radical (unpaired) electrons. The number of nitrogens with zero attached hydrogens (tertiary/aromatic N) is 3. The fourth-order valence-electron chi connectivity index (χ4n) is 1.97. The summed E-state index contributed by atoms with van der Waals surface area (Å²) in [7, 11) is -3.66. The van der Waals surface area contributed by atoms with Crippen LogP contribution in [-0.4, -0.2) is 23.6 Å². The van der Waals surface area contributed by atoms with E-state index in [1.165, 1.54) is 12.1 Å². The molecule has 24 heavy (non-hydrogen) atoms. The number of hydrogen-bond acceptors (Lipinski definition) is 6. The van der Waals surface area contributed by atoms with Crippen LogP contribution in [0.3, 0.4) is 0 Å². The van der Waals surface area contributed by atoms with E-state index >= 15 is 0 Å². The maximum atomic E-state index is 12.2. The lowest BCUT2D eigenvalue weighted by Crippen LogP contribution is -2.14. The van der Waals surface area contributed by atoms with E-state index < -0.39 is 10.0 Å². The third-order valence-electron chi connectivity index (χ3n) is 3.18. The predicted octanol–water partition coefficient (Wildman–Crippen LogP) is 2.28. The Morgan fingerprint density at radius 1 is 0.833 bits per heavy atom. The van der Waals surface area contributed by atoms with Crippen molar-refractivity contribution >= 4 is 21.7 Å². The number of sulfonamides is 1. The Kier molecular flexibility index (Phi) is 4.66. The number of benzene rings is 1. The molecule has 0 spiro atoms. The van der Waals surface area contributed by atoms with E-state index in [0.29, 0.717) is 12.4 Å². The lowest BCUT2D eigenvalue weighted by molar-refractivity contribution is 0.601. The first-order chi connectivity index (χ1) is 11.6. The lowest BCUT2D eigenvalue weighted by Gasteiger charge is -2.08. The molecule has 0 bridgehead atoms. The summed E-state index contributed by atoms with van der Waals surface area (Å²) >= 11 is 0. The predicted molar refractivity (Wildman–Crippen MR) is 90.8 cm³/mol. The fraction of sp³-hybridized carbons (Fsp3) is 0.0625. The van der Waals surface area contributed by atoms with Crippen molar-refractivity contribution in [3.8, 4) is 0 Å². The van der Waals surface area contributed by atoms with Gasteiger partial charge in [0.25, 0.3) is 10.0 Å². The molecule has 2 aromatic heterocycles. The minimum absolute atomic E-state index is 0.160. The number of aromatic nitrogens is 3. The molecule has 0 aliphatic heterocycles. The molecule has 3 aromatic rings. The van der Waals surface area contributed by atoms with Crippen LogP contribution in [0.25, 0.3) is 0 Å². The number of pyridine rings is 1. The largest absolute Gasteiger partial charge is 0.365 e. The zero-order valence-electron chi connectivity index (χ0n) is 12.6. The Morgan fingerprint density at radius 3 is 2.17 bits per heavy atom. The third-order valence-corrected chi connectivity index (χ3v) is 4.55. The van der Waals surface area contributed by atoms with Gasteiger partial charge in [-0.25, -0.2) is 8.42 Å². The first-order valence-corrected chi connectivity index (χ1v) is 8.66. The van der Waals surface area contributed by atoms with Gasteiger partial charge in [0.05, 0.1) is 4.90 Å². The van der Waals surface area contributed by atoms with Gasteiger partial charge in [-0.3, -0.25) is 9.71 Å². The molecule has 2 heterocycles. The highest BCUT2D eigenvalue weighted by Crippen LogP contribution is 2.14. The van der Waals surface area contributed by atoms with Crippen molar-refractivity contribution in [1.29, 1.82) is 0 Å². The van der Waals surface area contributed by atoms with Gasteiger partial charge in [-0.05, 0) is 42.0 Å². The molecule has 1 aromatic carbocycles. The van der Waals surface area contributed by atoms with Crippen molar-refractivity contribution in [2.75, 3.05) is 10.0 Å². The van der Waals surface area contributed by atoms with Crippen molar-refractivity contribution in [2.24, 2.45) is 0 Å². The summed E-state index contributed by atoms with van der Waals surface area (Å²) < 4.78 is 26.8. The Hall–Kier alpha value is -3.00. The van der Waals surface area contributed by atoms with Gasteiger partial charge < -0.3 is 5.32 Å². The molecule has 0 unspecified atom stereocenters. The standard InChI is InChI=1S/C16H15N5O2S/c22-24(23,14-4-2-1-3-5-14)21-16-7-6-15(19-20-16)18-12-13-8-10-17-11-9-13/h1-11H,12H2,(H,18,19)(H,20,21). The van der Waals surface area contributed by atoms with E-state index in [1.54, 1.807) is 42.7 Å². The molecule has 0 saturated heterocycles. The van der Waals surface area contributed by atoms with Crippen LogP contribution in [0.1, 0.15) is 5.56 Å². The van der Waals surface area contributed by atoms with Crippen molar-refractivity contribution in [2.45, 2.75) is 11.4 Å². The molecule has 7 nitrogen and oxygen atoms in total. The Bertz CT molecular complexity index is 885. The van der Waals surface area contributed by atoms with Crippen LogP contribution in [0.15, 0.2) is 71.9 Å². The zero-order valence-corrected chi connectivity index (χ0v) is 13.4. The minimum Gasteiger partial charge on any atom is -0.365 e. The van der Waals surface area contributed by atoms with Crippen LogP contribution in [0, 0.1) is 0 Å². The first kappa shape index (κ1) is 15.9. The monoisotopic (exact) mass is 341 g/mol. The van der Waals surface area contributed by atoms with Gasteiger partial charge in [0, 0.05) is 18.9 Å². The van der Waals surface area contributed by atoms with E-state index in [-0.39, 0.29) is 10.7 Å². The molecular weight excluding hydrogens is 326 g/mol. The topological polar surface area (TPSA) is 96.9 Å². The van der Waals surface area contributed by atoms with Gasteiger partial charge in [-0.15, -0.1) is 10.2 Å². The summed E-state index contributed by atoms with van der Waals surface area (Å²) in [5.74, 6) is 0.711. The van der Waals surface area contributed by atoms with E-state index in [0.717, 1.165) is 5.56 Å². The van der Waals surface area contributed by atoms with E-state index in [4.69, 9.17) is 0 Å². The molecule has 0 aliphatic carbocycles. The van der Waals surface area contributed by atoms with Crippen molar-refractivity contribution in [3.05, 3.63) is 72.6 Å². The minimum atomic E-state index is -3.66. The van der Waals surface area contributed by atoms with Crippen LogP contribution in [0.2, 0.25) is 0 Å². The van der Waals surface area contributed by atoms with E-state index in [9.17, 15) is 8.42 Å². The number of rotatable bonds is 6. The van der Waals surface area contributed by atoms with Gasteiger partial charge in [0.1, 0.15) is 5.82 Å². The maximum Gasteiger partial charge on any atom is 0.263 e. The summed E-state index contributed by atoms with van der Waals surface area (Å²) in [5.41, 5.74) is 1.06. The van der Waals surface area contributed by atoms with E-state index in [2.05, 4.69) is 25.2 Å². The SMILES string of the molecule is O=S(=O)(Nc1ccc(NCc2ccncc2)nn1)c1ccccc1. The van der Waals surface area contributed by atoms with Gasteiger partial charge in [0.2, 0.25) is 0 Å². The Morgan fingerprint density at radius 2 is 1.50 bits per heavy atom. The molecule has 2 N–H and O–H groups in total. The number of nitrogens with one attached hydrogen (secondary N) is 2. The normalized spacial score (nSPS) is 11.0. The van der Waals surface area contributed by atoms with Gasteiger partial charge in [0.15, 0.2) is 5.82 Å². The summed E-state index contributed by atoms with van der Waals surface area (Å²) in [4.78, 5) is 4.12. The highest BCUT2D eigenvalue weighted by Gasteiger charge is 2.14. The van der Waals surface area contributed by atoms with Crippen molar-refractivity contribution in [3.63, 3.8) is 0 Å². The lowest BCUT2D eigenvalue weighted by atomic mass is 10.3. The summed E-state index contributed by atoms with van der Waals surface area (Å²) in [5, 5.41) is 11.0. The first-order valence-electron chi connectivity index (χ1n) is 7.18. The van der Waals surface area contributed by atoms with Crippen LogP contribution in [-0.2, 0) is 16.6 Å². The van der Waals surface area contributed by atoms with Crippen LogP contribution < -0.4 is 10.0 Å². The van der Waals surface area contributed by atoms with Crippen LogP contribution >= 0.6 is 0 Å².